The number of aromatic nitrogens is 4. The van der Waals surface area contributed by atoms with Crippen LogP contribution in [0.4, 0.5) is 4.39 Å². The highest BCUT2D eigenvalue weighted by atomic mass is 19.1. The van der Waals surface area contributed by atoms with E-state index < -0.39 is 0 Å². The van der Waals surface area contributed by atoms with Gasteiger partial charge in [-0.1, -0.05) is 44.3 Å². The Morgan fingerprint density at radius 1 is 1.00 bits per heavy atom. The molecule has 186 valence electrons. The first-order valence-electron chi connectivity index (χ1n) is 13.4. The van der Waals surface area contributed by atoms with E-state index in [1.54, 1.807) is 6.07 Å². The van der Waals surface area contributed by atoms with Crippen molar-refractivity contribution in [2.45, 2.75) is 78.7 Å². The molecule has 5 heteroatoms. The standard InChI is InChI=1S/C31H35FN4/c1-18-11-19(2)29(20(3)12-18)23-13-25-26(17-34-31(25)33-16-23)22-14-27(32)30-28(15-22)36(21(4)35-30)24-9-7-5-6-8-10-24/h11,13-18,24H,5-10,12H2,1-4H3,(H,33,34). The highest BCUT2D eigenvalue weighted by Crippen LogP contribution is 2.39. The van der Waals surface area contributed by atoms with Gasteiger partial charge in [-0.3, -0.25) is 0 Å². The van der Waals surface area contributed by atoms with E-state index in [2.05, 4.69) is 53.5 Å². The van der Waals surface area contributed by atoms with Crippen LogP contribution in [-0.2, 0) is 0 Å². The highest BCUT2D eigenvalue weighted by Gasteiger charge is 2.23. The van der Waals surface area contributed by atoms with Crippen LogP contribution in [0.15, 0.2) is 47.8 Å². The lowest BCUT2D eigenvalue weighted by Gasteiger charge is -2.22. The molecule has 4 aromatic rings. The van der Waals surface area contributed by atoms with E-state index in [0.717, 1.165) is 58.3 Å². The topological polar surface area (TPSA) is 46.5 Å². The third-order valence-electron chi connectivity index (χ3n) is 8.23. The summed E-state index contributed by atoms with van der Waals surface area (Å²) in [6, 6.07) is 6.38. The van der Waals surface area contributed by atoms with Gasteiger partial charge in [0.1, 0.15) is 17.0 Å². The first-order valence-corrected chi connectivity index (χ1v) is 13.4. The van der Waals surface area contributed by atoms with Crippen molar-refractivity contribution in [1.29, 1.82) is 0 Å². The molecule has 1 fully saturated rings. The highest BCUT2D eigenvalue weighted by molar-refractivity contribution is 5.98. The zero-order chi connectivity index (χ0) is 25.0. The summed E-state index contributed by atoms with van der Waals surface area (Å²) in [6.07, 6.45) is 14.7. The smallest absolute Gasteiger partial charge is 0.151 e. The summed E-state index contributed by atoms with van der Waals surface area (Å²) in [5, 5.41) is 1.02. The van der Waals surface area contributed by atoms with E-state index in [0.29, 0.717) is 17.5 Å². The molecular formula is C31H35FN4. The maximum Gasteiger partial charge on any atom is 0.151 e. The molecule has 1 saturated carbocycles. The average Bonchev–Trinajstić information content (AvgIpc) is 3.28. The van der Waals surface area contributed by atoms with Gasteiger partial charge in [-0.15, -0.1) is 0 Å². The van der Waals surface area contributed by atoms with Gasteiger partial charge >= 0.3 is 0 Å². The van der Waals surface area contributed by atoms with E-state index in [4.69, 9.17) is 4.98 Å². The molecule has 0 bridgehead atoms. The van der Waals surface area contributed by atoms with Gasteiger partial charge in [-0.25, -0.2) is 14.4 Å². The minimum atomic E-state index is -0.255. The summed E-state index contributed by atoms with van der Waals surface area (Å²) in [7, 11) is 0. The number of allylic oxidation sites excluding steroid dienone is 4. The van der Waals surface area contributed by atoms with E-state index in [-0.39, 0.29) is 5.82 Å². The van der Waals surface area contributed by atoms with Crippen LogP contribution in [-0.4, -0.2) is 19.5 Å². The van der Waals surface area contributed by atoms with Crippen molar-refractivity contribution in [3.05, 3.63) is 65.0 Å². The lowest BCUT2D eigenvalue weighted by Crippen LogP contribution is -2.09. The van der Waals surface area contributed by atoms with Gasteiger partial charge in [-0.05, 0) is 80.9 Å². The van der Waals surface area contributed by atoms with Crippen LogP contribution >= 0.6 is 0 Å². The second-order valence-corrected chi connectivity index (χ2v) is 11.0. The van der Waals surface area contributed by atoms with Crippen molar-refractivity contribution in [3.63, 3.8) is 0 Å². The normalized spacial score (nSPS) is 19.8. The molecule has 2 aliphatic rings. The summed E-state index contributed by atoms with van der Waals surface area (Å²) in [6.45, 7) is 8.70. The SMILES string of the molecule is CC1=CC(C)CC(C)=C1c1cnc2[nH]cc(-c3cc(F)c4nc(C)n(C5CCCCCC5)c4c3)c2c1. The van der Waals surface area contributed by atoms with Crippen LogP contribution < -0.4 is 0 Å². The van der Waals surface area contributed by atoms with Gasteiger partial charge < -0.3 is 9.55 Å². The van der Waals surface area contributed by atoms with Crippen molar-refractivity contribution in [2.75, 3.05) is 0 Å². The van der Waals surface area contributed by atoms with Gasteiger partial charge in [0, 0.05) is 34.9 Å². The number of halogens is 1. The number of H-pyrrole nitrogens is 1. The molecule has 0 aliphatic heterocycles. The molecule has 3 aromatic heterocycles. The minimum Gasteiger partial charge on any atom is -0.346 e. The number of hydrogen-bond acceptors (Lipinski definition) is 2. The lowest BCUT2D eigenvalue weighted by atomic mass is 9.84. The molecule has 2 aliphatic carbocycles. The Bertz CT molecular complexity index is 1530. The predicted molar refractivity (Wildman–Crippen MR) is 146 cm³/mol. The predicted octanol–water partition coefficient (Wildman–Crippen LogP) is 8.68. The van der Waals surface area contributed by atoms with Crippen molar-refractivity contribution in [2.24, 2.45) is 5.92 Å². The fraction of sp³-hybridized carbons (Fsp3) is 0.419. The zero-order valence-corrected chi connectivity index (χ0v) is 21.8. The van der Waals surface area contributed by atoms with Crippen molar-refractivity contribution < 1.29 is 4.39 Å². The number of benzene rings is 1. The van der Waals surface area contributed by atoms with Gasteiger partial charge in [-0.2, -0.15) is 0 Å². The maximum absolute atomic E-state index is 15.5. The number of nitrogens with zero attached hydrogens (tertiary/aromatic N) is 3. The second-order valence-electron chi connectivity index (χ2n) is 11.0. The number of imidazole rings is 1. The van der Waals surface area contributed by atoms with Gasteiger partial charge in [0.15, 0.2) is 5.82 Å². The molecule has 0 saturated heterocycles. The van der Waals surface area contributed by atoms with Gasteiger partial charge in [0.05, 0.1) is 5.52 Å². The second kappa shape index (κ2) is 9.02. The van der Waals surface area contributed by atoms with Gasteiger partial charge in [0.2, 0.25) is 0 Å². The number of aryl methyl sites for hydroxylation is 1. The first-order chi connectivity index (χ1) is 17.4. The Hall–Kier alpha value is -3.21. The summed E-state index contributed by atoms with van der Waals surface area (Å²) in [4.78, 5) is 12.7. The Morgan fingerprint density at radius 2 is 1.78 bits per heavy atom. The number of fused-ring (bicyclic) bond motifs is 2. The first kappa shape index (κ1) is 23.2. The molecule has 36 heavy (non-hydrogen) atoms. The van der Waals surface area contributed by atoms with Crippen LogP contribution in [0.3, 0.4) is 0 Å². The largest absolute Gasteiger partial charge is 0.346 e. The Labute approximate surface area is 212 Å². The molecule has 6 rings (SSSR count). The molecule has 0 spiro atoms. The summed E-state index contributed by atoms with van der Waals surface area (Å²) in [5.74, 6) is 1.21. The van der Waals surface area contributed by atoms with Gasteiger partial charge in [0.25, 0.3) is 0 Å². The Balaban J connectivity index is 1.49. The van der Waals surface area contributed by atoms with Crippen molar-refractivity contribution in [1.82, 2.24) is 19.5 Å². The Morgan fingerprint density at radius 3 is 2.53 bits per heavy atom. The third kappa shape index (κ3) is 3.89. The molecule has 3 heterocycles. The zero-order valence-electron chi connectivity index (χ0n) is 21.8. The van der Waals surface area contributed by atoms with E-state index >= 15 is 4.39 Å². The molecule has 1 N–H and O–H groups in total. The van der Waals surface area contributed by atoms with Crippen molar-refractivity contribution >= 4 is 27.6 Å². The molecule has 1 unspecified atom stereocenters. The monoisotopic (exact) mass is 482 g/mol. The summed E-state index contributed by atoms with van der Waals surface area (Å²) >= 11 is 0. The van der Waals surface area contributed by atoms with E-state index in [1.165, 1.54) is 42.4 Å². The van der Waals surface area contributed by atoms with Crippen LogP contribution in [0.1, 0.15) is 83.1 Å². The fourth-order valence-electron chi connectivity index (χ4n) is 6.74. The Kier molecular flexibility index (Phi) is 5.82. The van der Waals surface area contributed by atoms with E-state index in [9.17, 15) is 0 Å². The number of nitrogens with one attached hydrogen (secondary N) is 1. The fourth-order valence-corrected chi connectivity index (χ4v) is 6.74. The van der Waals surface area contributed by atoms with E-state index in [1.807, 2.05) is 19.3 Å². The summed E-state index contributed by atoms with van der Waals surface area (Å²) in [5.41, 5.74) is 9.19. The number of pyridine rings is 1. The van der Waals surface area contributed by atoms with Crippen LogP contribution in [0.5, 0.6) is 0 Å². The molecule has 0 amide bonds. The van der Waals surface area contributed by atoms with Crippen molar-refractivity contribution in [3.8, 4) is 11.1 Å². The molecule has 1 aromatic carbocycles. The minimum absolute atomic E-state index is 0.255. The number of aromatic amines is 1. The van der Waals surface area contributed by atoms with Crippen LogP contribution in [0, 0.1) is 18.7 Å². The molecule has 4 nitrogen and oxygen atoms in total. The third-order valence-corrected chi connectivity index (χ3v) is 8.23. The van der Waals surface area contributed by atoms with Crippen LogP contribution in [0.2, 0.25) is 0 Å². The quantitative estimate of drug-likeness (QED) is 0.297. The summed E-state index contributed by atoms with van der Waals surface area (Å²) < 4.78 is 17.8. The number of hydrogen-bond donors (Lipinski definition) is 1. The van der Waals surface area contributed by atoms with Crippen LogP contribution in [0.25, 0.3) is 38.8 Å². The maximum atomic E-state index is 15.5. The molecule has 0 radical (unpaired) electrons. The molecule has 1 atom stereocenters. The lowest BCUT2D eigenvalue weighted by molar-refractivity contribution is 0.446. The number of rotatable bonds is 3. The average molecular weight is 483 g/mol. The molecular weight excluding hydrogens is 447 g/mol.